The van der Waals surface area contributed by atoms with Gasteiger partial charge in [0.2, 0.25) is 0 Å². The van der Waals surface area contributed by atoms with Gasteiger partial charge in [0.15, 0.2) is 0 Å². The third kappa shape index (κ3) is 2.65. The van der Waals surface area contributed by atoms with E-state index in [0.29, 0.717) is 11.1 Å². The summed E-state index contributed by atoms with van der Waals surface area (Å²) < 4.78 is 39.2. The number of hydrogen-bond donors (Lipinski definition) is 0. The van der Waals surface area contributed by atoms with Gasteiger partial charge in [0.1, 0.15) is 5.75 Å². The van der Waals surface area contributed by atoms with Crippen LogP contribution in [-0.2, 0) is 0 Å². The SMILES string of the molecule is [CH2]c1cccc(OC(F)(F)F)c1C. The summed E-state index contributed by atoms with van der Waals surface area (Å²) in [7, 11) is 0. The van der Waals surface area contributed by atoms with Gasteiger partial charge in [-0.25, -0.2) is 0 Å². The molecule has 1 radical (unpaired) electrons. The minimum Gasteiger partial charge on any atom is -0.406 e. The van der Waals surface area contributed by atoms with Gasteiger partial charge in [-0.3, -0.25) is 0 Å². The largest absolute Gasteiger partial charge is 0.573 e. The monoisotopic (exact) mass is 189 g/mol. The van der Waals surface area contributed by atoms with E-state index in [0.717, 1.165) is 0 Å². The van der Waals surface area contributed by atoms with Crippen LogP contribution in [0.5, 0.6) is 5.75 Å². The molecule has 0 atom stereocenters. The predicted octanol–water partition coefficient (Wildman–Crippen LogP) is 3.08. The fourth-order valence-electron chi connectivity index (χ4n) is 0.895. The van der Waals surface area contributed by atoms with E-state index in [1.54, 1.807) is 6.07 Å². The lowest BCUT2D eigenvalue weighted by Gasteiger charge is -2.12. The van der Waals surface area contributed by atoms with Crippen LogP contribution in [0, 0.1) is 13.8 Å². The second-order valence-electron chi connectivity index (χ2n) is 2.59. The summed E-state index contributed by atoms with van der Waals surface area (Å²) in [6.07, 6.45) is -4.64. The molecule has 0 bridgehead atoms. The molecule has 1 rings (SSSR count). The molecule has 0 unspecified atom stereocenters. The molecule has 0 saturated carbocycles. The molecule has 0 spiro atoms. The molecular weight excluding hydrogens is 181 g/mol. The molecular formula is C9H8F3O. The van der Waals surface area contributed by atoms with Crippen molar-refractivity contribution < 1.29 is 17.9 Å². The Bertz CT molecular complexity index is 304. The molecule has 71 valence electrons. The minimum absolute atomic E-state index is 0.194. The van der Waals surface area contributed by atoms with Gasteiger partial charge in [0.25, 0.3) is 0 Å². The molecule has 0 fully saturated rings. The average molecular weight is 189 g/mol. The Kier molecular flexibility index (Phi) is 2.50. The summed E-state index contributed by atoms with van der Waals surface area (Å²) in [4.78, 5) is 0. The fraction of sp³-hybridized carbons (Fsp3) is 0.222. The van der Waals surface area contributed by atoms with Crippen molar-refractivity contribution in [2.45, 2.75) is 13.3 Å². The Morgan fingerprint density at radius 1 is 1.31 bits per heavy atom. The average Bonchev–Trinajstić information content (AvgIpc) is 1.96. The Morgan fingerprint density at radius 2 is 1.92 bits per heavy atom. The van der Waals surface area contributed by atoms with E-state index in [-0.39, 0.29) is 5.75 Å². The molecule has 4 heteroatoms. The second kappa shape index (κ2) is 3.28. The van der Waals surface area contributed by atoms with E-state index in [2.05, 4.69) is 11.7 Å². The molecule has 0 aliphatic carbocycles. The summed E-state index contributed by atoms with van der Waals surface area (Å²) in [6, 6.07) is 4.35. The molecule has 0 saturated heterocycles. The van der Waals surface area contributed by atoms with E-state index < -0.39 is 6.36 Å². The molecule has 1 nitrogen and oxygen atoms in total. The van der Waals surface area contributed by atoms with Crippen LogP contribution < -0.4 is 4.74 Å². The summed E-state index contributed by atoms with van der Waals surface area (Å²) in [5.74, 6) is -0.194. The van der Waals surface area contributed by atoms with Crippen LogP contribution in [0.3, 0.4) is 0 Å². The van der Waals surface area contributed by atoms with E-state index >= 15 is 0 Å². The first-order valence-corrected chi connectivity index (χ1v) is 3.57. The number of ether oxygens (including phenoxy) is 1. The van der Waals surface area contributed by atoms with Crippen molar-refractivity contribution in [2.24, 2.45) is 0 Å². The van der Waals surface area contributed by atoms with Crippen molar-refractivity contribution in [2.75, 3.05) is 0 Å². The van der Waals surface area contributed by atoms with Crippen LogP contribution in [0.25, 0.3) is 0 Å². The van der Waals surface area contributed by atoms with Crippen molar-refractivity contribution in [3.05, 3.63) is 36.2 Å². The Labute approximate surface area is 74.1 Å². The Balaban J connectivity index is 2.96. The quantitative estimate of drug-likeness (QED) is 0.659. The standard InChI is InChI=1S/C9H8F3O/c1-6-4-3-5-8(7(6)2)13-9(10,11)12/h3-5H,1H2,2H3. The van der Waals surface area contributed by atoms with Crippen LogP contribution >= 0.6 is 0 Å². The third-order valence-electron chi connectivity index (χ3n) is 1.62. The Morgan fingerprint density at radius 3 is 2.46 bits per heavy atom. The molecule has 0 aliphatic heterocycles. The van der Waals surface area contributed by atoms with E-state index in [9.17, 15) is 13.2 Å². The zero-order chi connectivity index (χ0) is 10.1. The van der Waals surface area contributed by atoms with E-state index in [1.807, 2.05) is 0 Å². The minimum atomic E-state index is -4.64. The normalized spacial score (nSPS) is 11.5. The van der Waals surface area contributed by atoms with Crippen LogP contribution in [0.15, 0.2) is 18.2 Å². The summed E-state index contributed by atoms with van der Waals surface area (Å²) in [5.41, 5.74) is 0.932. The van der Waals surface area contributed by atoms with Gasteiger partial charge in [-0.2, -0.15) is 0 Å². The molecule has 13 heavy (non-hydrogen) atoms. The fourth-order valence-corrected chi connectivity index (χ4v) is 0.895. The van der Waals surface area contributed by atoms with Crippen molar-refractivity contribution in [3.8, 4) is 5.75 Å². The molecule has 1 aromatic rings. The van der Waals surface area contributed by atoms with Crippen LogP contribution in [-0.4, -0.2) is 6.36 Å². The first-order valence-electron chi connectivity index (χ1n) is 3.57. The molecule has 0 amide bonds. The van der Waals surface area contributed by atoms with Crippen LogP contribution in [0.1, 0.15) is 11.1 Å². The highest BCUT2D eigenvalue weighted by Gasteiger charge is 2.31. The highest BCUT2D eigenvalue weighted by Crippen LogP contribution is 2.27. The van der Waals surface area contributed by atoms with Gasteiger partial charge in [0, 0.05) is 0 Å². The molecule has 0 N–H and O–H groups in total. The maximum absolute atomic E-state index is 11.8. The summed E-state index contributed by atoms with van der Waals surface area (Å²) in [6.45, 7) is 5.09. The van der Waals surface area contributed by atoms with Gasteiger partial charge in [0.05, 0.1) is 0 Å². The number of halogens is 3. The zero-order valence-electron chi connectivity index (χ0n) is 6.98. The van der Waals surface area contributed by atoms with E-state index in [4.69, 9.17) is 0 Å². The van der Waals surface area contributed by atoms with Crippen molar-refractivity contribution >= 4 is 0 Å². The first kappa shape index (κ1) is 9.89. The summed E-state index contributed by atoms with van der Waals surface area (Å²) in [5, 5.41) is 0. The first-order chi connectivity index (χ1) is 5.90. The highest BCUT2D eigenvalue weighted by atomic mass is 19.4. The molecule has 0 heterocycles. The lowest BCUT2D eigenvalue weighted by Crippen LogP contribution is -2.17. The van der Waals surface area contributed by atoms with Crippen molar-refractivity contribution in [1.82, 2.24) is 0 Å². The van der Waals surface area contributed by atoms with Gasteiger partial charge in [-0.1, -0.05) is 12.1 Å². The molecule has 1 aromatic carbocycles. The maximum atomic E-state index is 11.8. The van der Waals surface area contributed by atoms with Crippen molar-refractivity contribution in [3.63, 3.8) is 0 Å². The van der Waals surface area contributed by atoms with Crippen LogP contribution in [0.4, 0.5) is 13.2 Å². The lowest BCUT2D eigenvalue weighted by molar-refractivity contribution is -0.274. The number of alkyl halides is 3. The maximum Gasteiger partial charge on any atom is 0.573 e. The zero-order valence-corrected chi connectivity index (χ0v) is 6.98. The summed E-state index contributed by atoms with van der Waals surface area (Å²) >= 11 is 0. The van der Waals surface area contributed by atoms with Gasteiger partial charge in [-0.05, 0) is 31.0 Å². The highest BCUT2D eigenvalue weighted by molar-refractivity contribution is 5.40. The topological polar surface area (TPSA) is 9.23 Å². The van der Waals surface area contributed by atoms with Crippen molar-refractivity contribution in [1.29, 1.82) is 0 Å². The number of benzene rings is 1. The lowest BCUT2D eigenvalue weighted by atomic mass is 10.1. The predicted molar refractivity (Wildman–Crippen MR) is 42.3 cm³/mol. The number of rotatable bonds is 1. The number of hydrogen-bond acceptors (Lipinski definition) is 1. The van der Waals surface area contributed by atoms with Gasteiger partial charge >= 0.3 is 6.36 Å². The van der Waals surface area contributed by atoms with Gasteiger partial charge in [-0.15, -0.1) is 13.2 Å². The van der Waals surface area contributed by atoms with Gasteiger partial charge < -0.3 is 4.74 Å². The third-order valence-corrected chi connectivity index (χ3v) is 1.62. The van der Waals surface area contributed by atoms with Crippen LogP contribution in [0.2, 0.25) is 0 Å². The molecule has 0 aliphatic rings. The second-order valence-corrected chi connectivity index (χ2v) is 2.59. The van der Waals surface area contributed by atoms with E-state index in [1.165, 1.54) is 19.1 Å². The molecule has 0 aromatic heterocycles. The smallest absolute Gasteiger partial charge is 0.406 e. The Hall–Kier alpha value is -1.19.